The van der Waals surface area contributed by atoms with Crippen LogP contribution < -0.4 is 4.74 Å². The molecule has 2 aromatic rings. The van der Waals surface area contributed by atoms with Gasteiger partial charge in [-0.25, -0.2) is 0 Å². The zero-order chi connectivity index (χ0) is 11.5. The lowest BCUT2D eigenvalue weighted by molar-refractivity contribution is 0.0967. The Hall–Kier alpha value is -1.58. The van der Waals surface area contributed by atoms with Crippen molar-refractivity contribution in [3.63, 3.8) is 0 Å². The number of hydrogen-bond acceptors (Lipinski definition) is 3. The van der Waals surface area contributed by atoms with Crippen molar-refractivity contribution in [1.29, 1.82) is 0 Å². The molecule has 3 heteroatoms. The highest BCUT2D eigenvalue weighted by Crippen LogP contribution is 2.27. The van der Waals surface area contributed by atoms with Gasteiger partial charge in [-0.2, -0.15) is 0 Å². The van der Waals surface area contributed by atoms with Crippen molar-refractivity contribution in [3.8, 4) is 5.75 Å². The zero-order valence-corrected chi connectivity index (χ0v) is 9.05. The predicted molar refractivity (Wildman–Crippen MR) is 62.5 cm³/mol. The van der Waals surface area contributed by atoms with E-state index in [4.69, 9.17) is 9.84 Å². The predicted octanol–water partition coefficient (Wildman–Crippen LogP) is 1.87. The van der Waals surface area contributed by atoms with Crippen LogP contribution in [0.1, 0.15) is 11.7 Å². The molecule has 0 fully saturated rings. The van der Waals surface area contributed by atoms with Crippen molar-refractivity contribution in [3.05, 3.63) is 42.0 Å². The van der Waals surface area contributed by atoms with E-state index in [9.17, 15) is 5.11 Å². The van der Waals surface area contributed by atoms with E-state index in [1.165, 1.54) is 0 Å². The molecule has 0 saturated heterocycles. The molecule has 0 aromatic heterocycles. The fourth-order valence-electron chi connectivity index (χ4n) is 1.79. The monoisotopic (exact) mass is 218 g/mol. The van der Waals surface area contributed by atoms with Gasteiger partial charge in [0.2, 0.25) is 0 Å². The molecule has 2 rings (SSSR count). The number of methoxy groups -OCH3 is 1. The van der Waals surface area contributed by atoms with E-state index in [0.29, 0.717) is 0 Å². The normalized spacial score (nSPS) is 12.7. The van der Waals surface area contributed by atoms with Gasteiger partial charge in [-0.1, -0.05) is 24.3 Å². The van der Waals surface area contributed by atoms with E-state index in [1.807, 2.05) is 36.4 Å². The summed E-state index contributed by atoms with van der Waals surface area (Å²) in [4.78, 5) is 0. The lowest BCUT2D eigenvalue weighted by Gasteiger charge is -2.12. The Balaban J connectivity index is 2.64. The number of ether oxygens (including phenoxy) is 1. The standard InChI is InChI=1S/C13H14O3/c1-16-10-6-5-9-3-2-4-11(12(9)7-10)13(15)8-14/h2-7,13-15H,8H2,1H3. The number of benzene rings is 2. The number of rotatable bonds is 3. The summed E-state index contributed by atoms with van der Waals surface area (Å²) < 4.78 is 5.15. The van der Waals surface area contributed by atoms with Crippen LogP contribution in [-0.4, -0.2) is 23.9 Å². The maximum absolute atomic E-state index is 9.70. The molecule has 2 N–H and O–H groups in total. The summed E-state index contributed by atoms with van der Waals surface area (Å²) in [6, 6.07) is 11.3. The second-order valence-electron chi connectivity index (χ2n) is 3.63. The highest BCUT2D eigenvalue weighted by Gasteiger charge is 2.10. The van der Waals surface area contributed by atoms with Gasteiger partial charge in [-0.05, 0) is 28.5 Å². The lowest BCUT2D eigenvalue weighted by Crippen LogP contribution is -2.03. The average molecular weight is 218 g/mol. The Bertz CT molecular complexity index is 494. The Morgan fingerprint density at radius 3 is 2.75 bits per heavy atom. The van der Waals surface area contributed by atoms with Gasteiger partial charge in [0, 0.05) is 0 Å². The molecule has 0 aliphatic carbocycles. The summed E-state index contributed by atoms with van der Waals surface area (Å²) in [7, 11) is 1.60. The van der Waals surface area contributed by atoms with Crippen molar-refractivity contribution < 1.29 is 14.9 Å². The van der Waals surface area contributed by atoms with Gasteiger partial charge in [-0.15, -0.1) is 0 Å². The van der Waals surface area contributed by atoms with Crippen LogP contribution in [0.25, 0.3) is 10.8 Å². The summed E-state index contributed by atoms with van der Waals surface area (Å²) in [5.41, 5.74) is 0.721. The summed E-state index contributed by atoms with van der Waals surface area (Å²) in [5.74, 6) is 0.741. The third-order valence-corrected chi connectivity index (χ3v) is 2.65. The number of fused-ring (bicyclic) bond motifs is 1. The van der Waals surface area contributed by atoms with Crippen molar-refractivity contribution in [2.75, 3.05) is 13.7 Å². The average Bonchev–Trinajstić information content (AvgIpc) is 2.36. The minimum Gasteiger partial charge on any atom is -0.497 e. The molecule has 0 saturated carbocycles. The number of aliphatic hydroxyl groups excluding tert-OH is 2. The van der Waals surface area contributed by atoms with E-state index in [2.05, 4.69) is 0 Å². The maximum atomic E-state index is 9.70. The second-order valence-corrected chi connectivity index (χ2v) is 3.63. The zero-order valence-electron chi connectivity index (χ0n) is 9.05. The third-order valence-electron chi connectivity index (χ3n) is 2.65. The molecule has 0 radical (unpaired) electrons. The van der Waals surface area contributed by atoms with Gasteiger partial charge in [0.15, 0.2) is 0 Å². The summed E-state index contributed by atoms with van der Waals surface area (Å²) in [5, 5.41) is 20.6. The number of hydrogen-bond donors (Lipinski definition) is 2. The molecule has 0 aliphatic heterocycles. The Morgan fingerprint density at radius 1 is 1.25 bits per heavy atom. The highest BCUT2D eigenvalue weighted by molar-refractivity contribution is 5.87. The largest absolute Gasteiger partial charge is 0.497 e. The maximum Gasteiger partial charge on any atom is 0.119 e. The number of aliphatic hydroxyl groups is 2. The first-order valence-corrected chi connectivity index (χ1v) is 5.12. The highest BCUT2D eigenvalue weighted by atomic mass is 16.5. The molecule has 3 nitrogen and oxygen atoms in total. The third kappa shape index (κ3) is 1.87. The first kappa shape index (κ1) is 10.9. The first-order valence-electron chi connectivity index (χ1n) is 5.12. The Morgan fingerprint density at radius 2 is 2.06 bits per heavy atom. The van der Waals surface area contributed by atoms with Crippen molar-refractivity contribution >= 4 is 10.8 Å². The van der Waals surface area contributed by atoms with Crippen LogP contribution in [0.4, 0.5) is 0 Å². The summed E-state index contributed by atoms with van der Waals surface area (Å²) >= 11 is 0. The van der Waals surface area contributed by atoms with Crippen LogP contribution in [0.15, 0.2) is 36.4 Å². The molecule has 1 unspecified atom stereocenters. The molecule has 0 spiro atoms. The van der Waals surface area contributed by atoms with E-state index in [1.54, 1.807) is 7.11 Å². The van der Waals surface area contributed by atoms with Crippen LogP contribution in [0.5, 0.6) is 5.75 Å². The van der Waals surface area contributed by atoms with Crippen molar-refractivity contribution in [2.45, 2.75) is 6.10 Å². The Labute approximate surface area is 93.9 Å². The SMILES string of the molecule is COc1ccc2cccc(C(O)CO)c2c1. The molecule has 0 bridgehead atoms. The quantitative estimate of drug-likeness (QED) is 0.827. The Kier molecular flexibility index (Phi) is 3.08. The topological polar surface area (TPSA) is 49.7 Å². The van der Waals surface area contributed by atoms with Gasteiger partial charge >= 0.3 is 0 Å². The van der Waals surface area contributed by atoms with Gasteiger partial charge in [0.05, 0.1) is 13.7 Å². The smallest absolute Gasteiger partial charge is 0.119 e. The van der Waals surface area contributed by atoms with Crippen LogP contribution in [-0.2, 0) is 0 Å². The molecule has 84 valence electrons. The molecule has 0 heterocycles. The fourth-order valence-corrected chi connectivity index (χ4v) is 1.79. The molecule has 0 aliphatic rings. The summed E-state index contributed by atoms with van der Waals surface area (Å²) in [6.07, 6.45) is -0.851. The van der Waals surface area contributed by atoms with Gasteiger partial charge in [0.25, 0.3) is 0 Å². The van der Waals surface area contributed by atoms with Gasteiger partial charge in [0.1, 0.15) is 11.9 Å². The minimum absolute atomic E-state index is 0.281. The van der Waals surface area contributed by atoms with Crippen molar-refractivity contribution in [1.82, 2.24) is 0 Å². The van der Waals surface area contributed by atoms with Crippen molar-refractivity contribution in [2.24, 2.45) is 0 Å². The van der Waals surface area contributed by atoms with E-state index in [0.717, 1.165) is 22.1 Å². The van der Waals surface area contributed by atoms with Gasteiger partial charge < -0.3 is 14.9 Å². The molecule has 0 amide bonds. The molecule has 2 aromatic carbocycles. The van der Waals surface area contributed by atoms with E-state index in [-0.39, 0.29) is 6.61 Å². The molecule has 16 heavy (non-hydrogen) atoms. The molecular formula is C13H14O3. The summed E-state index contributed by atoms with van der Waals surface area (Å²) in [6.45, 7) is -0.281. The van der Waals surface area contributed by atoms with Crippen LogP contribution in [0.3, 0.4) is 0 Å². The second kappa shape index (κ2) is 4.51. The van der Waals surface area contributed by atoms with Crippen LogP contribution in [0, 0.1) is 0 Å². The first-order chi connectivity index (χ1) is 7.76. The van der Waals surface area contributed by atoms with Crippen LogP contribution >= 0.6 is 0 Å². The molecular weight excluding hydrogens is 204 g/mol. The minimum atomic E-state index is -0.851. The van der Waals surface area contributed by atoms with Crippen LogP contribution in [0.2, 0.25) is 0 Å². The van der Waals surface area contributed by atoms with E-state index >= 15 is 0 Å². The lowest BCUT2D eigenvalue weighted by atomic mass is 10.0. The molecule has 1 atom stereocenters. The fraction of sp³-hybridized carbons (Fsp3) is 0.231. The van der Waals surface area contributed by atoms with Gasteiger partial charge in [-0.3, -0.25) is 0 Å². The van der Waals surface area contributed by atoms with E-state index < -0.39 is 6.10 Å².